The summed E-state index contributed by atoms with van der Waals surface area (Å²) in [6, 6.07) is 6.65. The van der Waals surface area contributed by atoms with Crippen LogP contribution >= 0.6 is 0 Å². The maximum absolute atomic E-state index is 11.1. The van der Waals surface area contributed by atoms with Gasteiger partial charge in [0.05, 0.1) is 4.92 Å². The first kappa shape index (κ1) is 12.4. The average Bonchev–Trinajstić information content (AvgIpc) is 3.11. The first-order valence-corrected chi connectivity index (χ1v) is 5.91. The molecule has 0 atom stereocenters. The molecule has 0 heterocycles. The van der Waals surface area contributed by atoms with Gasteiger partial charge in [0.25, 0.3) is 0 Å². The first-order chi connectivity index (χ1) is 8.45. The van der Waals surface area contributed by atoms with Crippen molar-refractivity contribution >= 4 is 11.4 Å². The maximum Gasteiger partial charge on any atom is 0.309 e. The molecule has 0 bridgehead atoms. The summed E-state index contributed by atoms with van der Waals surface area (Å²) in [6.07, 6.45) is 2.29. The van der Waals surface area contributed by atoms with E-state index in [0.717, 1.165) is 12.8 Å². The summed E-state index contributed by atoms with van der Waals surface area (Å²) in [5.74, 6) is 0.544. The van der Waals surface area contributed by atoms with Crippen LogP contribution in [0.1, 0.15) is 32.3 Å². The largest absolute Gasteiger partial charge is 0.374 e. The highest BCUT2D eigenvalue weighted by Crippen LogP contribution is 2.42. The Kier molecular flexibility index (Phi) is 2.95. The predicted octanol–water partition coefficient (Wildman–Crippen LogP) is 3.07. The van der Waals surface area contributed by atoms with Gasteiger partial charge in [-0.1, -0.05) is 6.07 Å². The molecule has 1 aliphatic carbocycles. The molecule has 1 fully saturated rings. The van der Waals surface area contributed by atoms with Crippen LogP contribution in [0.25, 0.3) is 0 Å². The Balaban J connectivity index is 2.38. The highest BCUT2D eigenvalue weighted by atomic mass is 16.6. The molecule has 0 aromatic heterocycles. The molecule has 0 spiro atoms. The highest BCUT2D eigenvalue weighted by molar-refractivity contribution is 5.69. The summed E-state index contributed by atoms with van der Waals surface area (Å²) in [5.41, 5.74) is 0.208. The van der Waals surface area contributed by atoms with Crippen molar-refractivity contribution in [3.63, 3.8) is 0 Å². The van der Waals surface area contributed by atoms with Crippen LogP contribution in [0.5, 0.6) is 0 Å². The SMILES string of the molecule is CC(C)(Nc1cccc(C#N)c1[N+](=O)[O-])C1CC1. The number of nitro benzene ring substituents is 1. The monoisotopic (exact) mass is 245 g/mol. The van der Waals surface area contributed by atoms with Crippen molar-refractivity contribution in [1.29, 1.82) is 5.26 Å². The fraction of sp³-hybridized carbons (Fsp3) is 0.462. The molecule has 0 radical (unpaired) electrons. The topological polar surface area (TPSA) is 79.0 Å². The number of anilines is 1. The molecule has 1 N–H and O–H groups in total. The van der Waals surface area contributed by atoms with Crippen LogP contribution in [0.15, 0.2) is 18.2 Å². The minimum Gasteiger partial charge on any atom is -0.374 e. The second kappa shape index (κ2) is 4.30. The fourth-order valence-corrected chi connectivity index (χ4v) is 2.19. The van der Waals surface area contributed by atoms with E-state index in [-0.39, 0.29) is 16.8 Å². The Morgan fingerprint density at radius 1 is 1.50 bits per heavy atom. The molecule has 0 saturated heterocycles. The third kappa shape index (κ3) is 2.28. The van der Waals surface area contributed by atoms with E-state index in [1.807, 2.05) is 19.9 Å². The Hall–Kier alpha value is -2.09. The summed E-state index contributed by atoms with van der Waals surface area (Å²) in [4.78, 5) is 10.6. The zero-order valence-electron chi connectivity index (χ0n) is 10.4. The number of nitrogens with zero attached hydrogens (tertiary/aromatic N) is 2. The lowest BCUT2D eigenvalue weighted by molar-refractivity contribution is -0.384. The lowest BCUT2D eigenvalue weighted by Gasteiger charge is -2.27. The molecule has 5 heteroatoms. The molecular weight excluding hydrogens is 230 g/mol. The quantitative estimate of drug-likeness (QED) is 0.653. The third-order valence-electron chi connectivity index (χ3n) is 3.39. The van der Waals surface area contributed by atoms with E-state index in [1.165, 1.54) is 6.07 Å². The van der Waals surface area contributed by atoms with Crippen molar-refractivity contribution < 1.29 is 4.92 Å². The minimum absolute atomic E-state index is 0.0941. The van der Waals surface area contributed by atoms with Crippen LogP contribution in [0.2, 0.25) is 0 Å². The normalized spacial score (nSPS) is 14.9. The Morgan fingerprint density at radius 3 is 2.67 bits per heavy atom. The van der Waals surface area contributed by atoms with Crippen LogP contribution in [0.3, 0.4) is 0 Å². The smallest absolute Gasteiger partial charge is 0.309 e. The van der Waals surface area contributed by atoms with E-state index in [0.29, 0.717) is 11.6 Å². The van der Waals surface area contributed by atoms with Gasteiger partial charge in [-0.2, -0.15) is 5.26 Å². The van der Waals surface area contributed by atoms with Crippen molar-refractivity contribution in [2.24, 2.45) is 5.92 Å². The Bertz CT molecular complexity index is 528. The molecule has 0 aliphatic heterocycles. The number of nitrogens with one attached hydrogen (secondary N) is 1. The van der Waals surface area contributed by atoms with Gasteiger partial charge in [0.15, 0.2) is 0 Å². The highest BCUT2D eigenvalue weighted by Gasteiger charge is 2.38. The minimum atomic E-state index is -0.496. The van der Waals surface area contributed by atoms with Crippen molar-refractivity contribution in [1.82, 2.24) is 0 Å². The van der Waals surface area contributed by atoms with E-state index < -0.39 is 4.92 Å². The molecule has 94 valence electrons. The predicted molar refractivity (Wildman–Crippen MR) is 68.2 cm³/mol. The van der Waals surface area contributed by atoms with Gasteiger partial charge in [0.1, 0.15) is 17.3 Å². The van der Waals surface area contributed by atoms with E-state index in [4.69, 9.17) is 5.26 Å². The van der Waals surface area contributed by atoms with Gasteiger partial charge in [-0.25, -0.2) is 0 Å². The summed E-state index contributed by atoms with van der Waals surface area (Å²) in [7, 11) is 0. The van der Waals surface area contributed by atoms with Gasteiger partial charge in [-0.15, -0.1) is 0 Å². The number of para-hydroxylation sites is 1. The molecular formula is C13H15N3O2. The number of hydrogen-bond acceptors (Lipinski definition) is 4. The lowest BCUT2D eigenvalue weighted by atomic mass is 9.97. The average molecular weight is 245 g/mol. The number of nitro groups is 1. The maximum atomic E-state index is 11.1. The number of nitriles is 1. The third-order valence-corrected chi connectivity index (χ3v) is 3.39. The van der Waals surface area contributed by atoms with Gasteiger partial charge in [0, 0.05) is 5.54 Å². The summed E-state index contributed by atoms with van der Waals surface area (Å²) in [6.45, 7) is 4.07. The van der Waals surface area contributed by atoms with Crippen molar-refractivity contribution in [3.05, 3.63) is 33.9 Å². The van der Waals surface area contributed by atoms with E-state index in [9.17, 15) is 10.1 Å². The molecule has 5 nitrogen and oxygen atoms in total. The van der Waals surface area contributed by atoms with E-state index in [1.54, 1.807) is 12.1 Å². The molecule has 0 unspecified atom stereocenters. The van der Waals surface area contributed by atoms with Crippen molar-refractivity contribution in [2.75, 3.05) is 5.32 Å². The zero-order chi connectivity index (χ0) is 13.3. The van der Waals surface area contributed by atoms with Crippen LogP contribution in [-0.4, -0.2) is 10.5 Å². The molecule has 1 aliphatic rings. The zero-order valence-corrected chi connectivity index (χ0v) is 10.4. The number of benzene rings is 1. The van der Waals surface area contributed by atoms with Crippen molar-refractivity contribution in [2.45, 2.75) is 32.2 Å². The summed E-state index contributed by atoms with van der Waals surface area (Å²) in [5, 5.41) is 23.2. The Labute approximate surface area is 106 Å². The van der Waals surface area contributed by atoms with Gasteiger partial charge >= 0.3 is 5.69 Å². The first-order valence-electron chi connectivity index (χ1n) is 5.91. The molecule has 1 saturated carbocycles. The van der Waals surface area contributed by atoms with Crippen LogP contribution in [-0.2, 0) is 0 Å². The van der Waals surface area contributed by atoms with Crippen molar-refractivity contribution in [3.8, 4) is 6.07 Å². The van der Waals surface area contributed by atoms with Crippen LogP contribution < -0.4 is 5.32 Å². The van der Waals surface area contributed by atoms with Gasteiger partial charge in [-0.05, 0) is 44.7 Å². The second-order valence-electron chi connectivity index (χ2n) is 5.19. The Morgan fingerprint density at radius 2 is 2.17 bits per heavy atom. The lowest BCUT2D eigenvalue weighted by Crippen LogP contribution is -2.33. The summed E-state index contributed by atoms with van der Waals surface area (Å²) < 4.78 is 0. The molecule has 18 heavy (non-hydrogen) atoms. The van der Waals surface area contributed by atoms with E-state index >= 15 is 0 Å². The molecule has 0 amide bonds. The van der Waals surface area contributed by atoms with Crippen LogP contribution in [0.4, 0.5) is 11.4 Å². The molecule has 1 aromatic carbocycles. The number of hydrogen-bond donors (Lipinski definition) is 1. The second-order valence-corrected chi connectivity index (χ2v) is 5.19. The van der Waals surface area contributed by atoms with Gasteiger partial charge in [-0.3, -0.25) is 10.1 Å². The fourth-order valence-electron chi connectivity index (χ4n) is 2.19. The summed E-state index contributed by atoms with van der Waals surface area (Å²) >= 11 is 0. The molecule has 1 aromatic rings. The van der Waals surface area contributed by atoms with Crippen LogP contribution in [0, 0.1) is 27.4 Å². The number of rotatable bonds is 4. The standard InChI is InChI=1S/C13H15N3O2/c1-13(2,10-6-7-10)15-11-5-3-4-9(8-14)12(11)16(17)18/h3-5,10,15H,6-7H2,1-2H3. The molecule has 2 rings (SSSR count). The van der Waals surface area contributed by atoms with E-state index in [2.05, 4.69) is 5.32 Å². The van der Waals surface area contributed by atoms with Gasteiger partial charge in [0.2, 0.25) is 0 Å². The van der Waals surface area contributed by atoms with Gasteiger partial charge < -0.3 is 5.32 Å².